The monoisotopic (exact) mass is 337 g/mol. The van der Waals surface area contributed by atoms with Gasteiger partial charge in [-0.2, -0.15) is 0 Å². The minimum Gasteiger partial charge on any atom is -0.281 e. The van der Waals surface area contributed by atoms with Crippen LogP contribution in [0.2, 0.25) is 0 Å². The van der Waals surface area contributed by atoms with Gasteiger partial charge in [-0.15, -0.1) is 0 Å². The summed E-state index contributed by atoms with van der Waals surface area (Å²) in [5.41, 5.74) is 1.10. The summed E-state index contributed by atoms with van der Waals surface area (Å²) in [6, 6.07) is 9.79. The number of benzene rings is 1. The van der Waals surface area contributed by atoms with Crippen molar-refractivity contribution in [3.63, 3.8) is 0 Å². The molecule has 1 fully saturated rings. The van der Waals surface area contributed by atoms with Crippen LogP contribution in [0.5, 0.6) is 0 Å². The summed E-state index contributed by atoms with van der Waals surface area (Å²) >= 11 is 2.25. The maximum absolute atomic E-state index is 13.3. The van der Waals surface area contributed by atoms with Gasteiger partial charge in [-0.3, -0.25) is 4.90 Å². The average Bonchev–Trinajstić information content (AvgIpc) is 2.25. The number of halogens is 3. The molecule has 16 heavy (non-hydrogen) atoms. The highest BCUT2D eigenvalue weighted by Crippen LogP contribution is 2.33. The smallest absolute Gasteiger partial charge is 0.260 e. The molecule has 2 rings (SSSR count). The predicted octanol–water partition coefficient (Wildman–Crippen LogP) is 3.68. The predicted molar refractivity (Wildman–Crippen MR) is 68.8 cm³/mol. The van der Waals surface area contributed by atoms with Gasteiger partial charge in [-0.1, -0.05) is 52.9 Å². The number of rotatable bonds is 2. The van der Waals surface area contributed by atoms with Crippen LogP contribution in [0.25, 0.3) is 0 Å². The molecule has 1 unspecified atom stereocenters. The number of piperidine rings is 1. The number of alkyl halides is 3. The van der Waals surface area contributed by atoms with Crippen LogP contribution in [-0.4, -0.2) is 21.4 Å². The number of nitrogens with zero attached hydrogens (tertiary/aromatic N) is 1. The van der Waals surface area contributed by atoms with Crippen molar-refractivity contribution in [2.45, 2.75) is 29.4 Å². The van der Waals surface area contributed by atoms with Crippen molar-refractivity contribution < 1.29 is 8.78 Å². The molecule has 1 aliphatic heterocycles. The maximum Gasteiger partial charge on any atom is 0.260 e. The van der Waals surface area contributed by atoms with E-state index in [-0.39, 0.29) is 17.0 Å². The maximum atomic E-state index is 13.3. The summed E-state index contributed by atoms with van der Waals surface area (Å²) in [5, 5.41) is 0. The van der Waals surface area contributed by atoms with E-state index < -0.39 is 5.92 Å². The van der Waals surface area contributed by atoms with Gasteiger partial charge in [0.2, 0.25) is 0 Å². The van der Waals surface area contributed by atoms with Crippen molar-refractivity contribution in [3.8, 4) is 0 Å². The molecule has 0 aromatic heterocycles. The van der Waals surface area contributed by atoms with Crippen LogP contribution in [0, 0.1) is 0 Å². The van der Waals surface area contributed by atoms with E-state index in [1.54, 1.807) is 0 Å². The van der Waals surface area contributed by atoms with Crippen molar-refractivity contribution >= 4 is 22.6 Å². The van der Waals surface area contributed by atoms with Gasteiger partial charge in [0.25, 0.3) is 5.92 Å². The standard InChI is InChI=1S/C12H14F2IN/c13-12(14)7-6-11(15)16(9-12)8-10-4-2-1-3-5-10/h1-5,11H,6-9H2. The molecule has 0 saturated carbocycles. The molecule has 0 amide bonds. The van der Waals surface area contributed by atoms with Gasteiger partial charge in [0, 0.05) is 13.0 Å². The van der Waals surface area contributed by atoms with Crippen LogP contribution < -0.4 is 0 Å². The molecule has 4 heteroatoms. The number of hydrogen-bond donors (Lipinski definition) is 0. The third-order valence-corrected chi connectivity index (χ3v) is 4.22. The van der Waals surface area contributed by atoms with E-state index in [4.69, 9.17) is 0 Å². The van der Waals surface area contributed by atoms with Crippen LogP contribution in [0.1, 0.15) is 18.4 Å². The molecule has 1 heterocycles. The lowest BCUT2D eigenvalue weighted by molar-refractivity contribution is -0.0691. The van der Waals surface area contributed by atoms with Gasteiger partial charge in [-0.25, -0.2) is 8.78 Å². The Bertz CT molecular complexity index is 342. The first-order valence-corrected chi connectivity index (χ1v) is 6.61. The molecule has 0 N–H and O–H groups in total. The first kappa shape index (κ1) is 12.2. The lowest BCUT2D eigenvalue weighted by Gasteiger charge is -2.36. The SMILES string of the molecule is FC1(F)CCC(I)N(Cc2ccccc2)C1. The zero-order chi connectivity index (χ0) is 11.6. The molecule has 1 atom stereocenters. The molecule has 1 aliphatic rings. The van der Waals surface area contributed by atoms with Crippen LogP contribution in [-0.2, 0) is 6.54 Å². The number of likely N-dealkylation sites (tertiary alicyclic amines) is 1. The van der Waals surface area contributed by atoms with E-state index >= 15 is 0 Å². The molecule has 0 aliphatic carbocycles. The van der Waals surface area contributed by atoms with E-state index in [0.717, 1.165) is 5.56 Å². The molecule has 0 bridgehead atoms. The molecular formula is C12H14F2IN. The third-order valence-electron chi connectivity index (χ3n) is 2.81. The highest BCUT2D eigenvalue weighted by molar-refractivity contribution is 14.1. The van der Waals surface area contributed by atoms with Gasteiger partial charge < -0.3 is 0 Å². The van der Waals surface area contributed by atoms with E-state index in [1.165, 1.54) is 0 Å². The summed E-state index contributed by atoms with van der Waals surface area (Å²) < 4.78 is 26.8. The average molecular weight is 337 g/mol. The largest absolute Gasteiger partial charge is 0.281 e. The van der Waals surface area contributed by atoms with Crippen LogP contribution in [0.4, 0.5) is 8.78 Å². The Kier molecular flexibility index (Phi) is 3.79. The van der Waals surface area contributed by atoms with Crippen LogP contribution in [0.15, 0.2) is 30.3 Å². The minimum atomic E-state index is -2.52. The Balaban J connectivity index is 2.03. The Morgan fingerprint density at radius 1 is 1.31 bits per heavy atom. The van der Waals surface area contributed by atoms with Gasteiger partial charge in [0.1, 0.15) is 0 Å². The van der Waals surface area contributed by atoms with Gasteiger partial charge >= 0.3 is 0 Å². The summed E-state index contributed by atoms with van der Waals surface area (Å²) in [7, 11) is 0. The van der Waals surface area contributed by atoms with Gasteiger partial charge in [-0.05, 0) is 12.0 Å². The van der Waals surface area contributed by atoms with Crippen LogP contribution >= 0.6 is 22.6 Å². The van der Waals surface area contributed by atoms with E-state index in [9.17, 15) is 8.78 Å². The van der Waals surface area contributed by atoms with E-state index in [0.29, 0.717) is 13.0 Å². The van der Waals surface area contributed by atoms with E-state index in [1.807, 2.05) is 35.2 Å². The van der Waals surface area contributed by atoms with Crippen molar-refractivity contribution in [1.82, 2.24) is 4.90 Å². The van der Waals surface area contributed by atoms with Gasteiger partial charge in [0.15, 0.2) is 0 Å². The minimum absolute atomic E-state index is 0.0197. The second-order valence-electron chi connectivity index (χ2n) is 4.22. The molecular weight excluding hydrogens is 323 g/mol. The quantitative estimate of drug-likeness (QED) is 0.452. The lowest BCUT2D eigenvalue weighted by Crippen LogP contribution is -2.45. The first-order chi connectivity index (χ1) is 7.57. The first-order valence-electron chi connectivity index (χ1n) is 5.37. The fraction of sp³-hybridized carbons (Fsp3) is 0.500. The third kappa shape index (κ3) is 3.13. The second kappa shape index (κ2) is 4.96. The molecule has 1 aromatic carbocycles. The summed E-state index contributed by atoms with van der Waals surface area (Å²) in [4.78, 5) is 1.86. The molecule has 0 radical (unpaired) electrons. The fourth-order valence-corrected chi connectivity index (χ4v) is 2.67. The Hall–Kier alpha value is -0.230. The highest BCUT2D eigenvalue weighted by atomic mass is 127. The fourth-order valence-electron chi connectivity index (χ4n) is 1.96. The molecule has 1 aromatic rings. The Morgan fingerprint density at radius 3 is 2.69 bits per heavy atom. The van der Waals surface area contributed by atoms with E-state index in [2.05, 4.69) is 22.6 Å². The Morgan fingerprint density at radius 2 is 2.00 bits per heavy atom. The molecule has 88 valence electrons. The van der Waals surface area contributed by atoms with Crippen molar-refractivity contribution in [3.05, 3.63) is 35.9 Å². The zero-order valence-electron chi connectivity index (χ0n) is 8.87. The van der Waals surface area contributed by atoms with Gasteiger partial charge in [0.05, 0.1) is 10.6 Å². The molecule has 1 nitrogen and oxygen atoms in total. The summed E-state index contributed by atoms with van der Waals surface area (Å²) in [6.07, 6.45) is 0.590. The lowest BCUT2D eigenvalue weighted by atomic mass is 10.1. The normalized spacial score (nSPS) is 25.6. The second-order valence-corrected chi connectivity index (χ2v) is 5.66. The van der Waals surface area contributed by atoms with Crippen molar-refractivity contribution in [2.24, 2.45) is 0 Å². The zero-order valence-corrected chi connectivity index (χ0v) is 11.0. The number of hydrogen-bond acceptors (Lipinski definition) is 1. The molecule has 1 saturated heterocycles. The topological polar surface area (TPSA) is 3.24 Å². The summed E-state index contributed by atoms with van der Waals surface area (Å²) in [5.74, 6) is -2.52. The molecule has 0 spiro atoms. The van der Waals surface area contributed by atoms with Crippen molar-refractivity contribution in [1.29, 1.82) is 0 Å². The Labute approximate surface area is 108 Å². The van der Waals surface area contributed by atoms with Crippen molar-refractivity contribution in [2.75, 3.05) is 6.54 Å². The summed E-state index contributed by atoms with van der Waals surface area (Å²) in [6.45, 7) is 0.500. The van der Waals surface area contributed by atoms with Crippen LogP contribution in [0.3, 0.4) is 0 Å². The highest BCUT2D eigenvalue weighted by Gasteiger charge is 2.38.